The first kappa shape index (κ1) is 20.9. The molecule has 1 amide bonds. The highest BCUT2D eigenvalue weighted by Gasteiger charge is 2.43. The lowest BCUT2D eigenvalue weighted by Crippen LogP contribution is -2.59. The fourth-order valence-corrected chi connectivity index (χ4v) is 5.40. The average Bonchev–Trinajstić information content (AvgIpc) is 3.03. The van der Waals surface area contributed by atoms with Crippen molar-refractivity contribution in [3.05, 3.63) is 17.5 Å². The number of carbonyl (C=O) groups is 1. The molecule has 0 spiro atoms. The molecule has 8 heteroatoms. The van der Waals surface area contributed by atoms with Crippen LogP contribution in [0.15, 0.2) is 6.20 Å². The number of pyridine rings is 1. The molecule has 1 fully saturated rings. The van der Waals surface area contributed by atoms with E-state index in [0.717, 1.165) is 43.6 Å². The molecule has 7 nitrogen and oxygen atoms in total. The van der Waals surface area contributed by atoms with Gasteiger partial charge in [-0.3, -0.25) is 4.98 Å². The van der Waals surface area contributed by atoms with Crippen LogP contribution in [0.2, 0.25) is 18.1 Å². The minimum absolute atomic E-state index is 0.0776. The van der Waals surface area contributed by atoms with E-state index in [2.05, 4.69) is 49.1 Å². The summed E-state index contributed by atoms with van der Waals surface area (Å²) in [6.45, 7) is 12.4. The van der Waals surface area contributed by atoms with Crippen LogP contribution in [0.3, 0.4) is 0 Å². The fourth-order valence-electron chi connectivity index (χ4n) is 4.01. The van der Waals surface area contributed by atoms with E-state index in [0.29, 0.717) is 12.2 Å². The molecule has 2 aliphatic rings. The fraction of sp³-hybridized carbons (Fsp3) is 0.700. The summed E-state index contributed by atoms with van der Waals surface area (Å²) in [6.07, 6.45) is 4.46. The summed E-state index contributed by atoms with van der Waals surface area (Å²) >= 11 is 0. The second kappa shape index (κ2) is 7.55. The molecule has 4 N–H and O–H groups in total. The molecule has 0 aromatic carbocycles. The molecule has 156 valence electrons. The van der Waals surface area contributed by atoms with E-state index in [-0.39, 0.29) is 17.2 Å². The van der Waals surface area contributed by atoms with Gasteiger partial charge in [0.25, 0.3) is 0 Å². The zero-order valence-corrected chi connectivity index (χ0v) is 18.7. The van der Waals surface area contributed by atoms with Gasteiger partial charge in [-0.25, -0.2) is 4.79 Å². The van der Waals surface area contributed by atoms with E-state index in [9.17, 15) is 9.90 Å². The second-order valence-corrected chi connectivity index (χ2v) is 14.3. The SMILES string of the molecule is CC(C)(C)[Si](C)(C)OC1CCN(c2c(N)cnc3c2CCC3)CC1NC(=O)O. The third-order valence-electron chi connectivity index (χ3n) is 6.53. The molecule has 2 atom stereocenters. The van der Waals surface area contributed by atoms with Crippen molar-refractivity contribution < 1.29 is 14.3 Å². The van der Waals surface area contributed by atoms with E-state index in [1.807, 2.05) is 0 Å². The first-order valence-corrected chi connectivity index (χ1v) is 13.1. The maximum atomic E-state index is 11.5. The van der Waals surface area contributed by atoms with Gasteiger partial charge >= 0.3 is 6.09 Å². The predicted octanol–water partition coefficient (Wildman–Crippen LogP) is 3.39. The summed E-state index contributed by atoms with van der Waals surface area (Å²) in [4.78, 5) is 18.2. The third kappa shape index (κ3) is 4.12. The zero-order valence-electron chi connectivity index (χ0n) is 17.7. The van der Waals surface area contributed by atoms with Gasteiger partial charge in [0.05, 0.1) is 29.7 Å². The Morgan fingerprint density at radius 1 is 1.39 bits per heavy atom. The van der Waals surface area contributed by atoms with E-state index in [1.165, 1.54) is 5.56 Å². The molecule has 0 saturated carbocycles. The Labute approximate surface area is 168 Å². The van der Waals surface area contributed by atoms with Gasteiger partial charge in [0.2, 0.25) is 0 Å². The number of hydrogen-bond donors (Lipinski definition) is 3. The number of fused-ring (bicyclic) bond motifs is 1. The molecule has 1 aliphatic carbocycles. The Morgan fingerprint density at radius 2 is 2.11 bits per heavy atom. The number of nitrogens with zero attached hydrogens (tertiary/aromatic N) is 2. The van der Waals surface area contributed by atoms with Crippen molar-refractivity contribution in [2.24, 2.45) is 0 Å². The number of carboxylic acid groups (broad SMARTS) is 1. The Balaban J connectivity index is 1.84. The van der Waals surface area contributed by atoms with Crippen LogP contribution < -0.4 is 16.0 Å². The Kier molecular flexibility index (Phi) is 5.64. The topological polar surface area (TPSA) is 101 Å². The summed E-state index contributed by atoms with van der Waals surface area (Å²) in [5.41, 5.74) is 10.4. The van der Waals surface area contributed by atoms with Crippen LogP contribution in [0.25, 0.3) is 0 Å². The summed E-state index contributed by atoms with van der Waals surface area (Å²) < 4.78 is 6.61. The number of amides is 1. The Bertz CT molecular complexity index is 748. The van der Waals surface area contributed by atoms with Crippen molar-refractivity contribution in [3.63, 3.8) is 0 Å². The van der Waals surface area contributed by atoms with Crippen molar-refractivity contribution >= 4 is 25.8 Å². The highest BCUT2D eigenvalue weighted by molar-refractivity contribution is 6.74. The second-order valence-electron chi connectivity index (χ2n) is 9.55. The average molecular weight is 407 g/mol. The smallest absolute Gasteiger partial charge is 0.405 e. The Morgan fingerprint density at radius 3 is 2.75 bits per heavy atom. The van der Waals surface area contributed by atoms with Crippen molar-refractivity contribution in [2.75, 3.05) is 23.7 Å². The van der Waals surface area contributed by atoms with Crippen molar-refractivity contribution in [1.29, 1.82) is 0 Å². The van der Waals surface area contributed by atoms with Gasteiger partial charge in [0.15, 0.2) is 8.32 Å². The van der Waals surface area contributed by atoms with Crippen LogP contribution in [-0.2, 0) is 17.3 Å². The first-order chi connectivity index (χ1) is 13.0. The third-order valence-corrected chi connectivity index (χ3v) is 11.0. The van der Waals surface area contributed by atoms with Gasteiger partial charge in [-0.1, -0.05) is 20.8 Å². The number of rotatable bonds is 4. The van der Waals surface area contributed by atoms with Gasteiger partial charge in [-0.05, 0) is 49.4 Å². The number of nitrogens with one attached hydrogen (secondary N) is 1. The van der Waals surface area contributed by atoms with Gasteiger partial charge in [0.1, 0.15) is 0 Å². The maximum absolute atomic E-state index is 11.5. The summed E-state index contributed by atoms with van der Waals surface area (Å²) in [7, 11) is -2.00. The van der Waals surface area contributed by atoms with Gasteiger partial charge in [0, 0.05) is 18.8 Å². The van der Waals surface area contributed by atoms with E-state index in [4.69, 9.17) is 10.2 Å². The van der Waals surface area contributed by atoms with Gasteiger partial charge in [-0.2, -0.15) is 0 Å². The standard InChI is InChI=1S/C20H34N4O3Si/c1-20(2,3)28(4,5)27-17-9-10-24(12-16(17)23-19(25)26)18-13-7-6-8-15(13)22-11-14(18)21/h11,16-17,23H,6-10,12,21H2,1-5H3,(H,25,26). The number of aryl methyl sites for hydroxylation is 1. The molecule has 2 unspecified atom stereocenters. The summed E-state index contributed by atoms with van der Waals surface area (Å²) in [5.74, 6) is 0. The lowest BCUT2D eigenvalue weighted by molar-refractivity contribution is 0.110. The predicted molar refractivity (Wildman–Crippen MR) is 115 cm³/mol. The largest absolute Gasteiger partial charge is 0.465 e. The van der Waals surface area contributed by atoms with E-state index >= 15 is 0 Å². The highest BCUT2D eigenvalue weighted by atomic mass is 28.4. The van der Waals surface area contributed by atoms with Gasteiger partial charge in [-0.15, -0.1) is 0 Å². The van der Waals surface area contributed by atoms with Crippen molar-refractivity contribution in [2.45, 2.75) is 76.7 Å². The Hall–Kier alpha value is -1.80. The molecular weight excluding hydrogens is 372 g/mol. The molecule has 1 aromatic heterocycles. The number of nitrogen functional groups attached to an aromatic ring is 1. The monoisotopic (exact) mass is 406 g/mol. The van der Waals surface area contributed by atoms with Crippen LogP contribution in [0, 0.1) is 0 Å². The number of piperidine rings is 1. The van der Waals surface area contributed by atoms with E-state index in [1.54, 1.807) is 6.20 Å². The van der Waals surface area contributed by atoms with Gasteiger partial charge < -0.3 is 25.5 Å². The van der Waals surface area contributed by atoms with Crippen molar-refractivity contribution in [3.8, 4) is 0 Å². The lowest BCUT2D eigenvalue weighted by atomic mass is 10.00. The highest BCUT2D eigenvalue weighted by Crippen LogP contribution is 2.40. The minimum atomic E-state index is -2.00. The molecule has 0 bridgehead atoms. The van der Waals surface area contributed by atoms with Crippen LogP contribution in [0.4, 0.5) is 16.2 Å². The molecule has 0 radical (unpaired) electrons. The maximum Gasteiger partial charge on any atom is 0.405 e. The van der Waals surface area contributed by atoms with Crippen LogP contribution in [0.5, 0.6) is 0 Å². The number of nitrogens with two attached hydrogens (primary N) is 1. The van der Waals surface area contributed by atoms with Crippen molar-refractivity contribution in [1.82, 2.24) is 10.3 Å². The summed E-state index contributed by atoms with van der Waals surface area (Å²) in [5, 5.41) is 12.2. The number of hydrogen-bond acceptors (Lipinski definition) is 5. The number of anilines is 2. The molecule has 1 aromatic rings. The molecular formula is C20H34N4O3Si. The first-order valence-electron chi connectivity index (χ1n) is 10.2. The van der Waals surface area contributed by atoms with Crippen LogP contribution in [-0.4, -0.2) is 49.7 Å². The molecule has 2 heterocycles. The number of aromatic nitrogens is 1. The molecule has 1 saturated heterocycles. The molecule has 1 aliphatic heterocycles. The summed E-state index contributed by atoms with van der Waals surface area (Å²) in [6, 6.07) is -0.287. The minimum Gasteiger partial charge on any atom is -0.465 e. The zero-order chi connectivity index (χ0) is 20.7. The molecule has 28 heavy (non-hydrogen) atoms. The van der Waals surface area contributed by atoms with E-state index < -0.39 is 14.4 Å². The lowest BCUT2D eigenvalue weighted by Gasteiger charge is -2.46. The van der Waals surface area contributed by atoms with Crippen LogP contribution in [0.1, 0.15) is 44.9 Å². The normalized spacial score (nSPS) is 22.8. The van der Waals surface area contributed by atoms with Crippen LogP contribution >= 0.6 is 0 Å². The quantitative estimate of drug-likeness (QED) is 0.663. The molecule has 3 rings (SSSR count).